The Hall–Kier alpha value is -2.44. The third kappa shape index (κ3) is 3.72. The third-order valence-corrected chi connectivity index (χ3v) is 4.72. The van der Waals surface area contributed by atoms with Gasteiger partial charge in [-0.15, -0.1) is 11.3 Å². The molecule has 0 unspecified atom stereocenters. The molecule has 0 aliphatic rings. The van der Waals surface area contributed by atoms with Crippen molar-refractivity contribution in [2.24, 2.45) is 0 Å². The van der Waals surface area contributed by atoms with Gasteiger partial charge in [-0.1, -0.05) is 23.7 Å². The van der Waals surface area contributed by atoms with Crippen LogP contribution in [0.3, 0.4) is 0 Å². The molecule has 1 N–H and O–H groups in total. The molecular formula is C17H14ClN3O2S. The maximum absolute atomic E-state index is 12.1. The first kappa shape index (κ1) is 16.4. The molecule has 2 heterocycles. The SMILES string of the molecule is Cc1ccc(NC(=O)Cn2cnc(-c3cccs3)cc2=O)cc1Cl. The second kappa shape index (κ2) is 6.98. The van der Waals surface area contributed by atoms with Gasteiger partial charge in [0.15, 0.2) is 0 Å². The maximum Gasteiger partial charge on any atom is 0.254 e. The number of amides is 1. The van der Waals surface area contributed by atoms with Crippen molar-refractivity contribution in [1.82, 2.24) is 9.55 Å². The van der Waals surface area contributed by atoms with Gasteiger partial charge in [0.05, 0.1) is 16.9 Å². The first-order chi connectivity index (χ1) is 11.5. The van der Waals surface area contributed by atoms with Crippen LogP contribution < -0.4 is 10.9 Å². The number of nitrogens with zero attached hydrogens (tertiary/aromatic N) is 2. The monoisotopic (exact) mass is 359 g/mol. The Balaban J connectivity index is 1.72. The van der Waals surface area contributed by atoms with Crippen LogP contribution in [-0.2, 0) is 11.3 Å². The summed E-state index contributed by atoms with van der Waals surface area (Å²) in [6.45, 7) is 1.77. The molecule has 1 amide bonds. The van der Waals surface area contributed by atoms with E-state index < -0.39 is 0 Å². The molecule has 0 spiro atoms. The van der Waals surface area contributed by atoms with E-state index in [0.29, 0.717) is 16.4 Å². The lowest BCUT2D eigenvalue weighted by Crippen LogP contribution is -2.27. The number of aryl methyl sites for hydroxylation is 1. The molecule has 122 valence electrons. The Bertz CT molecular complexity index is 935. The summed E-state index contributed by atoms with van der Waals surface area (Å²) in [5.74, 6) is -0.317. The number of hydrogen-bond donors (Lipinski definition) is 1. The van der Waals surface area contributed by atoms with Gasteiger partial charge in [0.2, 0.25) is 5.91 Å². The molecule has 3 rings (SSSR count). The number of carbonyl (C=O) groups is 1. The number of nitrogens with one attached hydrogen (secondary N) is 1. The van der Waals surface area contributed by atoms with E-state index in [4.69, 9.17) is 11.6 Å². The minimum Gasteiger partial charge on any atom is -0.324 e. The van der Waals surface area contributed by atoms with Crippen molar-refractivity contribution in [3.8, 4) is 10.6 Å². The molecule has 24 heavy (non-hydrogen) atoms. The van der Waals surface area contributed by atoms with Gasteiger partial charge in [-0.25, -0.2) is 4.98 Å². The van der Waals surface area contributed by atoms with Crippen LogP contribution in [0.25, 0.3) is 10.6 Å². The van der Waals surface area contributed by atoms with E-state index in [2.05, 4.69) is 10.3 Å². The van der Waals surface area contributed by atoms with Gasteiger partial charge >= 0.3 is 0 Å². The molecule has 0 bridgehead atoms. The van der Waals surface area contributed by atoms with Crippen molar-refractivity contribution in [3.05, 3.63) is 69.0 Å². The van der Waals surface area contributed by atoms with E-state index in [0.717, 1.165) is 10.4 Å². The van der Waals surface area contributed by atoms with E-state index in [9.17, 15) is 9.59 Å². The maximum atomic E-state index is 12.1. The summed E-state index contributed by atoms with van der Waals surface area (Å²) in [6.07, 6.45) is 1.39. The lowest BCUT2D eigenvalue weighted by molar-refractivity contribution is -0.116. The smallest absolute Gasteiger partial charge is 0.254 e. The number of anilines is 1. The number of halogens is 1. The molecule has 0 atom stereocenters. The van der Waals surface area contributed by atoms with Crippen molar-refractivity contribution < 1.29 is 4.79 Å². The van der Waals surface area contributed by atoms with Gasteiger partial charge in [-0.3, -0.25) is 14.2 Å². The van der Waals surface area contributed by atoms with Gasteiger partial charge in [0.1, 0.15) is 6.54 Å². The Morgan fingerprint density at radius 1 is 1.33 bits per heavy atom. The lowest BCUT2D eigenvalue weighted by atomic mass is 10.2. The van der Waals surface area contributed by atoms with Crippen LogP contribution in [0.5, 0.6) is 0 Å². The largest absolute Gasteiger partial charge is 0.324 e. The first-order valence-electron chi connectivity index (χ1n) is 7.19. The van der Waals surface area contributed by atoms with Crippen molar-refractivity contribution in [2.45, 2.75) is 13.5 Å². The minimum absolute atomic E-state index is 0.109. The Kier molecular flexibility index (Phi) is 4.78. The normalized spacial score (nSPS) is 10.6. The average molecular weight is 360 g/mol. The molecule has 7 heteroatoms. The highest BCUT2D eigenvalue weighted by Gasteiger charge is 2.08. The summed E-state index contributed by atoms with van der Waals surface area (Å²) < 4.78 is 1.27. The number of rotatable bonds is 4. The average Bonchev–Trinajstić information content (AvgIpc) is 3.07. The third-order valence-electron chi connectivity index (χ3n) is 3.42. The Morgan fingerprint density at radius 2 is 2.17 bits per heavy atom. The predicted molar refractivity (Wildman–Crippen MR) is 96.6 cm³/mol. The standard InChI is InChI=1S/C17H14ClN3O2S/c1-11-4-5-12(7-13(11)18)20-16(22)9-21-10-19-14(8-17(21)23)15-3-2-6-24-15/h2-8,10H,9H2,1H3,(H,20,22). The van der Waals surface area contributed by atoms with E-state index in [1.165, 1.54) is 28.3 Å². The van der Waals surface area contributed by atoms with Crippen LogP contribution in [0, 0.1) is 6.92 Å². The van der Waals surface area contributed by atoms with Crippen LogP contribution in [-0.4, -0.2) is 15.5 Å². The zero-order chi connectivity index (χ0) is 17.1. The van der Waals surface area contributed by atoms with Crippen LogP contribution in [0.1, 0.15) is 5.56 Å². The molecule has 0 fully saturated rings. The van der Waals surface area contributed by atoms with Crippen molar-refractivity contribution >= 4 is 34.5 Å². The highest BCUT2D eigenvalue weighted by atomic mass is 35.5. The molecule has 2 aromatic heterocycles. The summed E-state index contributed by atoms with van der Waals surface area (Å²) in [5.41, 5.74) is 1.86. The number of hydrogen-bond acceptors (Lipinski definition) is 4. The second-order valence-electron chi connectivity index (χ2n) is 5.23. The van der Waals surface area contributed by atoms with E-state index >= 15 is 0 Å². The molecule has 1 aromatic carbocycles. The summed E-state index contributed by atoms with van der Waals surface area (Å²) in [4.78, 5) is 29.4. The zero-order valence-electron chi connectivity index (χ0n) is 12.8. The van der Waals surface area contributed by atoms with Crippen LogP contribution >= 0.6 is 22.9 Å². The first-order valence-corrected chi connectivity index (χ1v) is 8.45. The van der Waals surface area contributed by atoms with E-state index in [1.807, 2.05) is 30.5 Å². The molecule has 3 aromatic rings. The Labute approximate surface area is 147 Å². The topological polar surface area (TPSA) is 64.0 Å². The van der Waals surface area contributed by atoms with Gasteiger partial charge in [-0.2, -0.15) is 0 Å². The molecule has 0 saturated heterocycles. The fraction of sp³-hybridized carbons (Fsp3) is 0.118. The molecule has 5 nitrogen and oxygen atoms in total. The molecule has 0 saturated carbocycles. The van der Waals surface area contributed by atoms with E-state index in [1.54, 1.807) is 12.1 Å². The number of carbonyl (C=O) groups excluding carboxylic acids is 1. The van der Waals surface area contributed by atoms with Gasteiger partial charge in [-0.05, 0) is 36.1 Å². The van der Waals surface area contributed by atoms with Crippen molar-refractivity contribution in [3.63, 3.8) is 0 Å². The fourth-order valence-electron chi connectivity index (χ4n) is 2.13. The van der Waals surface area contributed by atoms with Crippen molar-refractivity contribution in [2.75, 3.05) is 5.32 Å². The number of thiophene rings is 1. The van der Waals surface area contributed by atoms with Gasteiger partial charge in [0, 0.05) is 16.8 Å². The van der Waals surface area contributed by atoms with Crippen LogP contribution in [0.2, 0.25) is 5.02 Å². The highest BCUT2D eigenvalue weighted by molar-refractivity contribution is 7.13. The number of aromatic nitrogens is 2. The quantitative estimate of drug-likeness (QED) is 0.774. The van der Waals surface area contributed by atoms with Crippen LogP contribution in [0.4, 0.5) is 5.69 Å². The predicted octanol–water partition coefficient (Wildman–Crippen LogP) is 3.57. The molecular weight excluding hydrogens is 346 g/mol. The van der Waals surface area contributed by atoms with E-state index in [-0.39, 0.29) is 18.0 Å². The molecule has 0 radical (unpaired) electrons. The highest BCUT2D eigenvalue weighted by Crippen LogP contribution is 2.21. The van der Waals surface area contributed by atoms with Crippen LogP contribution in [0.15, 0.2) is 52.9 Å². The summed E-state index contributed by atoms with van der Waals surface area (Å²) in [6, 6.07) is 10.5. The second-order valence-corrected chi connectivity index (χ2v) is 6.58. The fourth-order valence-corrected chi connectivity index (χ4v) is 3.00. The summed E-state index contributed by atoms with van der Waals surface area (Å²) >= 11 is 7.54. The molecule has 0 aliphatic heterocycles. The van der Waals surface area contributed by atoms with Gasteiger partial charge < -0.3 is 5.32 Å². The van der Waals surface area contributed by atoms with Crippen molar-refractivity contribution in [1.29, 1.82) is 0 Å². The lowest BCUT2D eigenvalue weighted by Gasteiger charge is -2.08. The van der Waals surface area contributed by atoms with Gasteiger partial charge in [0.25, 0.3) is 5.56 Å². The zero-order valence-corrected chi connectivity index (χ0v) is 14.4. The molecule has 0 aliphatic carbocycles. The summed E-state index contributed by atoms with van der Waals surface area (Å²) in [7, 11) is 0. The Morgan fingerprint density at radius 3 is 2.83 bits per heavy atom. The minimum atomic E-state index is -0.317. The summed E-state index contributed by atoms with van der Waals surface area (Å²) in [5, 5.41) is 5.21. The number of benzene rings is 1.